The van der Waals surface area contributed by atoms with Crippen LogP contribution in [0.3, 0.4) is 0 Å². The van der Waals surface area contributed by atoms with E-state index in [9.17, 15) is 4.79 Å². The number of aliphatic hydroxyl groups excluding tert-OH is 1. The minimum Gasteiger partial charge on any atom is -0.459 e. The zero-order valence-corrected chi connectivity index (χ0v) is 17.2. The van der Waals surface area contributed by atoms with E-state index in [0.29, 0.717) is 6.54 Å². The number of hydrogen-bond acceptors (Lipinski definition) is 5. The van der Waals surface area contributed by atoms with Gasteiger partial charge in [0.15, 0.2) is 0 Å². The smallest absolute Gasteiger partial charge is 0.326 e. The molecule has 0 spiro atoms. The number of nitrogens with zero attached hydrogens (tertiary/aromatic N) is 2. The third-order valence-electron chi connectivity index (χ3n) is 4.46. The lowest BCUT2D eigenvalue weighted by Gasteiger charge is -2.38. The molecule has 1 aliphatic heterocycles. The lowest BCUT2D eigenvalue weighted by Crippen LogP contribution is -2.54. The Labute approximate surface area is 160 Å². The molecule has 1 N–H and O–H groups in total. The molecule has 26 heavy (non-hydrogen) atoms. The molecular weight excluding hydrogens is 328 g/mol. The van der Waals surface area contributed by atoms with Crippen molar-refractivity contribution >= 4 is 5.97 Å². The molecule has 0 aromatic heterocycles. The van der Waals surface area contributed by atoms with Crippen LogP contribution < -0.4 is 0 Å². The molecule has 5 heteroatoms. The zero-order chi connectivity index (χ0) is 20.0. The van der Waals surface area contributed by atoms with Crippen molar-refractivity contribution in [1.29, 1.82) is 0 Å². The highest BCUT2D eigenvalue weighted by Gasteiger charge is 2.56. The van der Waals surface area contributed by atoms with Crippen molar-refractivity contribution < 1.29 is 14.6 Å². The summed E-state index contributed by atoms with van der Waals surface area (Å²) < 4.78 is 5.48. The highest BCUT2D eigenvalue weighted by molar-refractivity contribution is 5.84. The van der Waals surface area contributed by atoms with Crippen LogP contribution in [0.1, 0.15) is 40.5 Å². The number of rotatable bonds is 8. The Morgan fingerprint density at radius 3 is 2.12 bits per heavy atom. The van der Waals surface area contributed by atoms with Crippen LogP contribution in [0.4, 0.5) is 0 Å². The third-order valence-corrected chi connectivity index (χ3v) is 4.46. The highest BCUT2D eigenvalue weighted by atomic mass is 16.5. The molecule has 1 heterocycles. The van der Waals surface area contributed by atoms with Crippen molar-refractivity contribution in [2.75, 3.05) is 45.9 Å². The van der Waals surface area contributed by atoms with Gasteiger partial charge in [0.1, 0.15) is 12.1 Å². The Bertz CT molecular complexity index is 448. The van der Waals surface area contributed by atoms with E-state index in [-0.39, 0.29) is 19.2 Å². The van der Waals surface area contributed by atoms with Gasteiger partial charge in [0.05, 0.1) is 6.61 Å². The van der Waals surface area contributed by atoms with Crippen molar-refractivity contribution in [1.82, 2.24) is 9.80 Å². The van der Waals surface area contributed by atoms with Crippen molar-refractivity contribution in [2.24, 2.45) is 0 Å². The molecule has 0 aromatic carbocycles. The van der Waals surface area contributed by atoms with Gasteiger partial charge in [0, 0.05) is 32.7 Å². The summed E-state index contributed by atoms with van der Waals surface area (Å²) in [5.74, 6) is -0.125. The van der Waals surface area contributed by atoms with E-state index in [1.54, 1.807) is 18.2 Å². The predicted octanol–water partition coefficient (Wildman–Crippen LogP) is 3.02. The number of ether oxygens (including phenoxy) is 1. The summed E-state index contributed by atoms with van der Waals surface area (Å²) in [5.41, 5.74) is 0.443. The van der Waals surface area contributed by atoms with Gasteiger partial charge in [-0.05, 0) is 18.4 Å². The van der Waals surface area contributed by atoms with Gasteiger partial charge < -0.3 is 9.84 Å². The fourth-order valence-electron chi connectivity index (χ4n) is 2.92. The summed E-state index contributed by atoms with van der Waals surface area (Å²) in [5, 5.41) is 8.98. The van der Waals surface area contributed by atoms with E-state index in [0.717, 1.165) is 44.6 Å². The van der Waals surface area contributed by atoms with Crippen LogP contribution in [0.15, 0.2) is 37.0 Å². The summed E-state index contributed by atoms with van der Waals surface area (Å²) in [6.07, 6.45) is 6.90. The van der Waals surface area contributed by atoms with Crippen LogP contribution in [0.2, 0.25) is 0 Å². The Morgan fingerprint density at radius 1 is 1.12 bits per heavy atom. The van der Waals surface area contributed by atoms with Gasteiger partial charge in [-0.1, -0.05) is 59.1 Å². The van der Waals surface area contributed by atoms with Gasteiger partial charge in [0.25, 0.3) is 0 Å². The summed E-state index contributed by atoms with van der Waals surface area (Å²) >= 11 is 0. The summed E-state index contributed by atoms with van der Waals surface area (Å²) in [7, 11) is 0. The van der Waals surface area contributed by atoms with Gasteiger partial charge >= 0.3 is 5.97 Å². The van der Waals surface area contributed by atoms with E-state index in [1.807, 2.05) is 27.7 Å². The number of β-amino-alcohol motifs (C(OH)–C–C–N with tert-alkyl or cyclic N) is 1. The second-order valence-corrected chi connectivity index (χ2v) is 5.84. The van der Waals surface area contributed by atoms with E-state index in [1.165, 1.54) is 0 Å². The molecule has 0 radical (unpaired) electrons. The number of esters is 1. The summed E-state index contributed by atoms with van der Waals surface area (Å²) in [6.45, 7) is 20.0. The fourth-order valence-corrected chi connectivity index (χ4v) is 2.92. The number of allylic oxidation sites excluding steroid dienone is 2. The van der Waals surface area contributed by atoms with E-state index in [2.05, 4.69) is 23.0 Å². The van der Waals surface area contributed by atoms with Crippen LogP contribution >= 0.6 is 0 Å². The topological polar surface area (TPSA) is 53.0 Å². The van der Waals surface area contributed by atoms with E-state index < -0.39 is 5.54 Å². The van der Waals surface area contributed by atoms with Crippen molar-refractivity contribution in [3.8, 4) is 0 Å². The fraction of sp³-hybridized carbons (Fsp3) is 0.667. The number of hydrogen-bond donors (Lipinski definition) is 1. The van der Waals surface area contributed by atoms with Gasteiger partial charge in [-0.3, -0.25) is 14.6 Å². The minimum atomic E-state index is -0.411. The molecule has 0 bridgehead atoms. The molecule has 2 fully saturated rings. The monoisotopic (exact) mass is 366 g/mol. The van der Waals surface area contributed by atoms with Crippen molar-refractivity contribution in [2.45, 2.75) is 46.1 Å². The number of piperazine rings is 1. The molecule has 5 nitrogen and oxygen atoms in total. The van der Waals surface area contributed by atoms with Gasteiger partial charge in [-0.15, -0.1) is 0 Å². The molecule has 2 rings (SSSR count). The normalized spacial score (nSPS) is 19.2. The summed E-state index contributed by atoms with van der Waals surface area (Å²) in [6, 6.07) is 0. The first kappa shape index (κ1) is 24.6. The van der Waals surface area contributed by atoms with Crippen LogP contribution in [0, 0.1) is 0 Å². The van der Waals surface area contributed by atoms with Crippen molar-refractivity contribution in [3.05, 3.63) is 37.0 Å². The standard InChI is InChI=1S/C17H26N2O3.2C2H6/c1-3-5-15(4-2)14-22-16(21)17(6-7-17)19-10-8-18(9-11-19)12-13-20;2*1-2/h3-5,20H,1-2,6-14H2;2*1-2H3/b15-5+;;. The maximum atomic E-state index is 12.5. The summed E-state index contributed by atoms with van der Waals surface area (Å²) in [4.78, 5) is 16.9. The minimum absolute atomic E-state index is 0.125. The average molecular weight is 367 g/mol. The Balaban J connectivity index is 0.00000146. The maximum Gasteiger partial charge on any atom is 0.326 e. The molecule has 0 amide bonds. The first-order chi connectivity index (χ1) is 12.7. The molecule has 2 aliphatic rings. The SMILES string of the molecule is C=C/C=C(\C=C)COC(=O)C1(N2CCN(CCO)CC2)CC1.CC.CC. The molecule has 150 valence electrons. The van der Waals surface area contributed by atoms with E-state index >= 15 is 0 Å². The second-order valence-electron chi connectivity index (χ2n) is 5.84. The van der Waals surface area contributed by atoms with Gasteiger partial charge in [0.2, 0.25) is 0 Å². The Morgan fingerprint density at radius 2 is 1.69 bits per heavy atom. The molecule has 0 aromatic rings. The van der Waals surface area contributed by atoms with Crippen LogP contribution in [0.25, 0.3) is 0 Å². The third kappa shape index (κ3) is 7.06. The number of aliphatic hydroxyl groups is 1. The van der Waals surface area contributed by atoms with Gasteiger partial charge in [-0.25, -0.2) is 0 Å². The number of carbonyl (C=O) groups excluding carboxylic acids is 1. The first-order valence-corrected chi connectivity index (χ1v) is 9.86. The van der Waals surface area contributed by atoms with Gasteiger partial charge in [-0.2, -0.15) is 0 Å². The van der Waals surface area contributed by atoms with Crippen LogP contribution in [0.5, 0.6) is 0 Å². The Hall–Kier alpha value is -1.43. The van der Waals surface area contributed by atoms with Crippen LogP contribution in [-0.2, 0) is 9.53 Å². The molecule has 1 aliphatic carbocycles. The molecule has 0 atom stereocenters. The highest BCUT2D eigenvalue weighted by Crippen LogP contribution is 2.43. The maximum absolute atomic E-state index is 12.5. The molecule has 1 saturated carbocycles. The Kier molecular flexibility index (Phi) is 13.0. The predicted molar refractivity (Wildman–Crippen MR) is 109 cm³/mol. The first-order valence-electron chi connectivity index (χ1n) is 9.86. The quantitative estimate of drug-likeness (QED) is 0.529. The van der Waals surface area contributed by atoms with Crippen molar-refractivity contribution in [3.63, 3.8) is 0 Å². The van der Waals surface area contributed by atoms with E-state index in [4.69, 9.17) is 9.84 Å². The molecule has 1 saturated heterocycles. The lowest BCUT2D eigenvalue weighted by atomic mass is 10.1. The average Bonchev–Trinajstić information content (AvgIpc) is 3.51. The largest absolute Gasteiger partial charge is 0.459 e. The molecule has 0 unspecified atom stereocenters. The second kappa shape index (κ2) is 13.7. The molecular formula is C21H38N2O3. The van der Waals surface area contributed by atoms with Crippen LogP contribution in [-0.4, -0.2) is 72.4 Å². The number of carbonyl (C=O) groups is 1. The lowest BCUT2D eigenvalue weighted by molar-refractivity contribution is -0.151. The zero-order valence-electron chi connectivity index (χ0n) is 17.2.